The molecule has 0 bridgehead atoms. The highest BCUT2D eigenvalue weighted by atomic mass is 16.4. The third-order valence-corrected chi connectivity index (χ3v) is 0.835. The van der Waals surface area contributed by atoms with Gasteiger partial charge >= 0.3 is 17.9 Å². The first-order valence-corrected chi connectivity index (χ1v) is 4.34. The average Bonchev–Trinajstić information content (AvgIpc) is 2.19. The lowest BCUT2D eigenvalue weighted by Crippen LogP contribution is -1.88. The SMILES string of the molecule is CCC(=O)O.CCC(=O)O.N#CCC(=O)O. The Balaban J connectivity index is -0.000000160. The third kappa shape index (κ3) is 58.9. The minimum absolute atomic E-state index is 0.222. The van der Waals surface area contributed by atoms with E-state index in [1.165, 1.54) is 6.07 Å². The molecule has 0 aromatic rings. The fourth-order valence-electron chi connectivity index (χ4n) is 0.0676. The number of hydrogen-bond acceptors (Lipinski definition) is 4. The summed E-state index contributed by atoms with van der Waals surface area (Å²) in [5.41, 5.74) is 0. The summed E-state index contributed by atoms with van der Waals surface area (Å²) >= 11 is 0. The summed E-state index contributed by atoms with van der Waals surface area (Å²) in [5.74, 6) is -2.56. The Morgan fingerprint density at radius 1 is 0.938 bits per heavy atom. The molecule has 0 spiro atoms. The van der Waals surface area contributed by atoms with Gasteiger partial charge < -0.3 is 15.3 Å². The molecule has 0 atom stereocenters. The van der Waals surface area contributed by atoms with Crippen molar-refractivity contribution >= 4 is 17.9 Å². The van der Waals surface area contributed by atoms with Crippen LogP contribution in [0.4, 0.5) is 0 Å². The fourth-order valence-corrected chi connectivity index (χ4v) is 0.0676. The Morgan fingerprint density at radius 3 is 1.19 bits per heavy atom. The molecular weight excluding hydrogens is 218 g/mol. The van der Waals surface area contributed by atoms with Crippen molar-refractivity contribution in [3.8, 4) is 6.07 Å². The van der Waals surface area contributed by atoms with Crippen molar-refractivity contribution in [3.63, 3.8) is 0 Å². The Kier molecular flexibility index (Phi) is 18.7. The van der Waals surface area contributed by atoms with E-state index in [2.05, 4.69) is 0 Å². The van der Waals surface area contributed by atoms with Crippen molar-refractivity contribution in [2.24, 2.45) is 0 Å². The summed E-state index contributed by atoms with van der Waals surface area (Å²) < 4.78 is 0. The van der Waals surface area contributed by atoms with Crippen molar-refractivity contribution in [3.05, 3.63) is 0 Å². The third-order valence-electron chi connectivity index (χ3n) is 0.835. The van der Waals surface area contributed by atoms with Gasteiger partial charge in [0.2, 0.25) is 0 Å². The lowest BCUT2D eigenvalue weighted by atomic mass is 10.5. The molecule has 0 unspecified atom stereocenters. The quantitative estimate of drug-likeness (QED) is 0.659. The number of nitriles is 1. The molecule has 0 amide bonds. The van der Waals surface area contributed by atoms with Gasteiger partial charge in [-0.2, -0.15) is 5.26 Å². The maximum atomic E-state index is 9.38. The number of carbonyl (C=O) groups is 3. The molecule has 0 saturated carbocycles. The number of carboxylic acids is 3. The standard InChI is InChI=1S/C3H3NO2.2C3H6O2/c4-2-1-3(5)6;2*1-2-3(4)5/h1H2,(H,5,6);2*2H2,1H3,(H,4,5). The first kappa shape index (κ1) is 19.5. The first-order chi connectivity index (χ1) is 7.31. The number of nitrogens with zero attached hydrogens (tertiary/aromatic N) is 1. The van der Waals surface area contributed by atoms with Crippen LogP contribution in [0.5, 0.6) is 0 Å². The van der Waals surface area contributed by atoms with Crippen LogP contribution in [-0.4, -0.2) is 33.2 Å². The highest BCUT2D eigenvalue weighted by Crippen LogP contribution is 1.68. The zero-order valence-corrected chi connectivity index (χ0v) is 9.13. The Labute approximate surface area is 92.9 Å². The van der Waals surface area contributed by atoms with E-state index in [0.29, 0.717) is 0 Å². The Bertz CT molecular complexity index is 241. The lowest BCUT2D eigenvalue weighted by molar-refractivity contribution is -0.137. The van der Waals surface area contributed by atoms with Gasteiger partial charge in [0.15, 0.2) is 0 Å². The second-order valence-electron chi connectivity index (χ2n) is 2.22. The maximum Gasteiger partial charge on any atom is 0.317 e. The van der Waals surface area contributed by atoms with Crippen molar-refractivity contribution < 1.29 is 29.7 Å². The summed E-state index contributed by atoms with van der Waals surface area (Å²) in [6.07, 6.45) is 0.0417. The molecule has 0 aromatic heterocycles. The van der Waals surface area contributed by atoms with Gasteiger partial charge in [-0.3, -0.25) is 14.4 Å². The highest BCUT2D eigenvalue weighted by molar-refractivity contribution is 5.69. The molecule has 16 heavy (non-hydrogen) atoms. The monoisotopic (exact) mass is 233 g/mol. The van der Waals surface area contributed by atoms with Gasteiger partial charge in [-0.1, -0.05) is 13.8 Å². The van der Waals surface area contributed by atoms with Crippen molar-refractivity contribution in [2.75, 3.05) is 0 Å². The summed E-state index contributed by atoms with van der Waals surface area (Å²) in [7, 11) is 0. The molecule has 3 N–H and O–H groups in total. The van der Waals surface area contributed by atoms with Gasteiger partial charge in [0.25, 0.3) is 0 Å². The summed E-state index contributed by atoms with van der Waals surface area (Å²) in [6, 6.07) is 1.47. The van der Waals surface area contributed by atoms with E-state index in [-0.39, 0.29) is 12.8 Å². The van der Waals surface area contributed by atoms with E-state index < -0.39 is 24.3 Å². The fraction of sp³-hybridized carbons (Fsp3) is 0.556. The molecule has 7 nitrogen and oxygen atoms in total. The molecule has 92 valence electrons. The molecule has 0 aliphatic rings. The van der Waals surface area contributed by atoms with Crippen LogP contribution in [0.1, 0.15) is 33.1 Å². The molecule has 0 radical (unpaired) electrons. The average molecular weight is 233 g/mol. The molecule has 0 fully saturated rings. The summed E-state index contributed by atoms with van der Waals surface area (Å²) in [5, 5.41) is 30.7. The summed E-state index contributed by atoms with van der Waals surface area (Å²) in [4.78, 5) is 28.1. The molecule has 0 heterocycles. The van der Waals surface area contributed by atoms with E-state index >= 15 is 0 Å². The van der Waals surface area contributed by atoms with E-state index in [4.69, 9.17) is 20.6 Å². The number of hydrogen-bond donors (Lipinski definition) is 3. The normalized spacial score (nSPS) is 7.06. The van der Waals surface area contributed by atoms with Crippen LogP contribution in [0.15, 0.2) is 0 Å². The van der Waals surface area contributed by atoms with Crippen LogP contribution in [0, 0.1) is 11.3 Å². The predicted octanol–water partition coefficient (Wildman–Crippen LogP) is 0.947. The van der Waals surface area contributed by atoms with Crippen LogP contribution >= 0.6 is 0 Å². The molecule has 0 rings (SSSR count). The van der Waals surface area contributed by atoms with Gasteiger partial charge in [-0.05, 0) is 0 Å². The first-order valence-electron chi connectivity index (χ1n) is 4.34. The van der Waals surface area contributed by atoms with Gasteiger partial charge in [0.1, 0.15) is 6.42 Å². The molecule has 0 aromatic carbocycles. The molecule has 7 heteroatoms. The van der Waals surface area contributed by atoms with Crippen LogP contribution < -0.4 is 0 Å². The second kappa shape index (κ2) is 15.4. The summed E-state index contributed by atoms with van der Waals surface area (Å²) in [6.45, 7) is 3.20. The number of rotatable bonds is 3. The lowest BCUT2D eigenvalue weighted by Gasteiger charge is -1.71. The molecule has 0 aliphatic heterocycles. The topological polar surface area (TPSA) is 136 Å². The zero-order chi connectivity index (χ0) is 13.6. The van der Waals surface area contributed by atoms with E-state index in [0.717, 1.165) is 0 Å². The highest BCUT2D eigenvalue weighted by Gasteiger charge is 1.87. The Hall–Kier alpha value is -2.10. The van der Waals surface area contributed by atoms with Crippen molar-refractivity contribution in [1.29, 1.82) is 5.26 Å². The molecule has 0 saturated heterocycles. The van der Waals surface area contributed by atoms with Gasteiger partial charge in [-0.25, -0.2) is 0 Å². The van der Waals surface area contributed by atoms with Crippen LogP contribution in [0.25, 0.3) is 0 Å². The van der Waals surface area contributed by atoms with Gasteiger partial charge in [0, 0.05) is 12.8 Å². The van der Waals surface area contributed by atoms with Gasteiger partial charge in [0.05, 0.1) is 6.07 Å². The van der Waals surface area contributed by atoms with Crippen LogP contribution in [-0.2, 0) is 14.4 Å². The number of carboxylic acid groups (broad SMARTS) is 3. The van der Waals surface area contributed by atoms with Crippen molar-refractivity contribution in [1.82, 2.24) is 0 Å². The predicted molar refractivity (Wildman–Crippen MR) is 53.7 cm³/mol. The Morgan fingerprint density at radius 2 is 1.19 bits per heavy atom. The van der Waals surface area contributed by atoms with Crippen LogP contribution in [0.3, 0.4) is 0 Å². The molecular formula is C9H15NO6. The second-order valence-corrected chi connectivity index (χ2v) is 2.22. The van der Waals surface area contributed by atoms with Crippen LogP contribution in [0.2, 0.25) is 0 Å². The zero-order valence-electron chi connectivity index (χ0n) is 9.13. The number of aliphatic carboxylic acids is 3. The molecule has 0 aliphatic carbocycles. The van der Waals surface area contributed by atoms with Crippen molar-refractivity contribution in [2.45, 2.75) is 33.1 Å². The van der Waals surface area contributed by atoms with E-state index in [9.17, 15) is 14.4 Å². The largest absolute Gasteiger partial charge is 0.481 e. The minimum atomic E-state index is -1.07. The van der Waals surface area contributed by atoms with E-state index in [1.54, 1.807) is 13.8 Å². The van der Waals surface area contributed by atoms with E-state index in [1.807, 2.05) is 0 Å². The van der Waals surface area contributed by atoms with Gasteiger partial charge in [-0.15, -0.1) is 0 Å². The maximum absolute atomic E-state index is 9.38. The minimum Gasteiger partial charge on any atom is -0.481 e. The smallest absolute Gasteiger partial charge is 0.317 e.